The van der Waals surface area contributed by atoms with Crippen LogP contribution in [0.15, 0.2) is 60.7 Å². The summed E-state index contributed by atoms with van der Waals surface area (Å²) in [6.07, 6.45) is 0. The Kier molecular flexibility index (Phi) is 3.87. The molecule has 88 valence electrons. The van der Waals surface area contributed by atoms with Gasteiger partial charge in [0.15, 0.2) is 0 Å². The van der Waals surface area contributed by atoms with Crippen molar-refractivity contribution < 1.29 is 8.76 Å². The first-order valence-corrected chi connectivity index (χ1v) is 6.15. The van der Waals surface area contributed by atoms with Gasteiger partial charge in [0.05, 0.1) is 11.4 Å². The van der Waals surface area contributed by atoms with E-state index in [1.807, 2.05) is 60.7 Å². The van der Waals surface area contributed by atoms with Crippen molar-refractivity contribution in [1.82, 2.24) is 4.83 Å². The molecule has 0 radical (unpaired) electrons. The first-order valence-electron chi connectivity index (χ1n) is 5.05. The zero-order valence-electron chi connectivity index (χ0n) is 8.98. The van der Waals surface area contributed by atoms with Gasteiger partial charge in [-0.3, -0.25) is 9.56 Å². The van der Waals surface area contributed by atoms with Crippen molar-refractivity contribution in [1.29, 1.82) is 0 Å². The van der Waals surface area contributed by atoms with Crippen LogP contribution in [0.1, 0.15) is 0 Å². The Morgan fingerprint density at radius 3 is 1.65 bits per heavy atom. The lowest BCUT2D eigenvalue weighted by atomic mass is 10.2. The molecular formula is C12H12N2O2S. The van der Waals surface area contributed by atoms with Crippen LogP contribution >= 0.6 is 0 Å². The van der Waals surface area contributed by atoms with Crippen molar-refractivity contribution in [3.05, 3.63) is 60.7 Å². The van der Waals surface area contributed by atoms with Gasteiger partial charge in [-0.2, -0.15) is 0 Å². The second kappa shape index (κ2) is 5.58. The van der Waals surface area contributed by atoms with Crippen LogP contribution in [0.3, 0.4) is 0 Å². The molecule has 5 heteroatoms. The molecule has 2 rings (SSSR count). The molecule has 2 aromatic carbocycles. The minimum atomic E-state index is -2.12. The maximum Gasteiger partial charge on any atom is 0.250 e. The Bertz CT molecular complexity index is 451. The fourth-order valence-electron chi connectivity index (χ4n) is 1.49. The zero-order valence-corrected chi connectivity index (χ0v) is 9.80. The lowest BCUT2D eigenvalue weighted by Gasteiger charge is -2.23. The number of nitrogens with zero attached hydrogens (tertiary/aromatic N) is 1. The van der Waals surface area contributed by atoms with Gasteiger partial charge in [-0.05, 0) is 24.3 Å². The molecule has 0 amide bonds. The Balaban J connectivity index is 2.36. The third kappa shape index (κ3) is 3.13. The van der Waals surface area contributed by atoms with Crippen LogP contribution in [0.5, 0.6) is 0 Å². The summed E-state index contributed by atoms with van der Waals surface area (Å²) in [7, 11) is 0. The van der Waals surface area contributed by atoms with Crippen LogP contribution in [0, 0.1) is 0 Å². The SMILES string of the molecule is O=S(O)NN(c1ccccc1)c1ccccc1. The van der Waals surface area contributed by atoms with E-state index >= 15 is 0 Å². The van der Waals surface area contributed by atoms with Gasteiger partial charge in [0.2, 0.25) is 0 Å². The normalized spacial score (nSPS) is 12.1. The van der Waals surface area contributed by atoms with E-state index < -0.39 is 11.3 Å². The number of nitrogens with one attached hydrogen (secondary N) is 1. The predicted molar refractivity (Wildman–Crippen MR) is 68.9 cm³/mol. The second-order valence-corrected chi connectivity index (χ2v) is 4.03. The van der Waals surface area contributed by atoms with E-state index in [9.17, 15) is 4.21 Å². The Morgan fingerprint density at radius 1 is 0.882 bits per heavy atom. The molecule has 0 fully saturated rings. The molecule has 1 unspecified atom stereocenters. The van der Waals surface area contributed by atoms with Crippen LogP contribution in [-0.4, -0.2) is 8.76 Å². The number of hydrazine groups is 1. The minimum absolute atomic E-state index is 0.793. The third-order valence-electron chi connectivity index (χ3n) is 2.20. The summed E-state index contributed by atoms with van der Waals surface area (Å²) in [5, 5.41) is 1.57. The molecule has 0 aliphatic rings. The van der Waals surface area contributed by atoms with Crippen molar-refractivity contribution in [2.24, 2.45) is 0 Å². The molecule has 4 nitrogen and oxygen atoms in total. The molecule has 0 saturated heterocycles. The maximum atomic E-state index is 10.9. The Morgan fingerprint density at radius 2 is 1.29 bits per heavy atom. The summed E-state index contributed by atoms with van der Waals surface area (Å²) in [5.74, 6) is 0. The number of rotatable bonds is 4. The molecule has 0 bridgehead atoms. The molecule has 0 aliphatic carbocycles. The van der Waals surface area contributed by atoms with Gasteiger partial charge in [-0.1, -0.05) is 36.4 Å². The first-order chi connectivity index (χ1) is 8.27. The summed E-state index contributed by atoms with van der Waals surface area (Å²) >= 11 is -2.12. The maximum absolute atomic E-state index is 10.9. The van der Waals surface area contributed by atoms with Crippen LogP contribution in [0.2, 0.25) is 0 Å². The number of anilines is 2. The average molecular weight is 248 g/mol. The number of hydrogen-bond acceptors (Lipinski definition) is 2. The summed E-state index contributed by atoms with van der Waals surface area (Å²) < 4.78 is 19.9. The van der Waals surface area contributed by atoms with Gasteiger partial charge >= 0.3 is 0 Å². The van der Waals surface area contributed by atoms with Crippen molar-refractivity contribution in [3.63, 3.8) is 0 Å². The highest BCUT2D eigenvalue weighted by atomic mass is 32.2. The predicted octanol–water partition coefficient (Wildman–Crippen LogP) is 2.47. The number of benzene rings is 2. The van der Waals surface area contributed by atoms with Gasteiger partial charge in [-0.15, -0.1) is 4.83 Å². The molecule has 2 aromatic rings. The molecule has 0 aromatic heterocycles. The summed E-state index contributed by atoms with van der Waals surface area (Å²) in [6.45, 7) is 0. The lowest BCUT2D eigenvalue weighted by molar-refractivity contribution is 0.550. The Hall–Kier alpha value is -1.69. The zero-order chi connectivity index (χ0) is 12.1. The van der Waals surface area contributed by atoms with E-state index in [4.69, 9.17) is 4.55 Å². The van der Waals surface area contributed by atoms with E-state index in [2.05, 4.69) is 4.83 Å². The largest absolute Gasteiger partial charge is 0.293 e. The van der Waals surface area contributed by atoms with Crippen LogP contribution in [0.25, 0.3) is 0 Å². The fourth-order valence-corrected chi connectivity index (χ4v) is 1.85. The minimum Gasteiger partial charge on any atom is -0.293 e. The van der Waals surface area contributed by atoms with Crippen LogP contribution in [0.4, 0.5) is 11.4 Å². The quantitative estimate of drug-likeness (QED) is 0.645. The van der Waals surface area contributed by atoms with Gasteiger partial charge in [0.1, 0.15) is 0 Å². The standard InChI is InChI=1S/C12H12N2O2S/c15-17(16)13-14(11-7-3-1-4-8-11)12-9-5-2-6-10-12/h1-10,13H,(H,15,16). The smallest absolute Gasteiger partial charge is 0.250 e. The molecule has 0 heterocycles. The fraction of sp³-hybridized carbons (Fsp3) is 0. The molecule has 2 N–H and O–H groups in total. The number of hydrogen-bond donors (Lipinski definition) is 2. The van der Waals surface area contributed by atoms with E-state index in [1.54, 1.807) is 5.01 Å². The van der Waals surface area contributed by atoms with Crippen LogP contribution in [-0.2, 0) is 11.3 Å². The van der Waals surface area contributed by atoms with Crippen molar-refractivity contribution in [3.8, 4) is 0 Å². The summed E-state index contributed by atoms with van der Waals surface area (Å²) in [6, 6.07) is 18.7. The van der Waals surface area contributed by atoms with Gasteiger partial charge in [-0.25, -0.2) is 4.21 Å². The van der Waals surface area contributed by atoms with Gasteiger partial charge in [0.25, 0.3) is 11.3 Å². The monoisotopic (exact) mass is 248 g/mol. The van der Waals surface area contributed by atoms with Crippen LogP contribution < -0.4 is 9.84 Å². The van der Waals surface area contributed by atoms with Crippen molar-refractivity contribution >= 4 is 22.6 Å². The average Bonchev–Trinajstić information content (AvgIpc) is 2.38. The first kappa shape index (κ1) is 11.8. The molecular weight excluding hydrogens is 236 g/mol. The highest BCUT2D eigenvalue weighted by Crippen LogP contribution is 2.22. The number of para-hydroxylation sites is 2. The summed E-state index contributed by atoms with van der Waals surface area (Å²) in [4.78, 5) is 2.47. The molecule has 0 aliphatic heterocycles. The Labute approximate surface area is 102 Å². The molecule has 0 saturated carbocycles. The molecule has 0 spiro atoms. The van der Waals surface area contributed by atoms with E-state index in [-0.39, 0.29) is 0 Å². The van der Waals surface area contributed by atoms with Gasteiger partial charge < -0.3 is 0 Å². The topological polar surface area (TPSA) is 52.6 Å². The molecule has 1 atom stereocenters. The van der Waals surface area contributed by atoms with Gasteiger partial charge in [0, 0.05) is 0 Å². The highest BCUT2D eigenvalue weighted by molar-refractivity contribution is 7.77. The van der Waals surface area contributed by atoms with E-state index in [1.165, 1.54) is 0 Å². The molecule has 17 heavy (non-hydrogen) atoms. The van der Waals surface area contributed by atoms with E-state index in [0.29, 0.717) is 0 Å². The highest BCUT2D eigenvalue weighted by Gasteiger charge is 2.09. The third-order valence-corrected chi connectivity index (χ3v) is 2.54. The van der Waals surface area contributed by atoms with Crippen molar-refractivity contribution in [2.45, 2.75) is 0 Å². The van der Waals surface area contributed by atoms with E-state index in [0.717, 1.165) is 11.4 Å². The van der Waals surface area contributed by atoms with Crippen molar-refractivity contribution in [2.75, 3.05) is 5.01 Å². The second-order valence-electron chi connectivity index (χ2n) is 3.35. The summed E-state index contributed by atoms with van der Waals surface area (Å²) in [5.41, 5.74) is 1.59. The lowest BCUT2D eigenvalue weighted by Crippen LogP contribution is -2.34.